The number of nitrogens with one attached hydrogen (secondary N) is 3. The molecule has 0 radical (unpaired) electrons. The SMILES string of the molecule is CC(NC(=O)C(N)C(C)C)C(=O)NC(CCCCNC(=O)OC(C)(C)C)C(=O)OC(C)(C)C. The second kappa shape index (κ2) is 13.4. The number of carbonyl (C=O) groups excluding carboxylic acids is 4. The van der Waals surface area contributed by atoms with Crippen LogP contribution in [-0.4, -0.2) is 59.7 Å². The Balaban J connectivity index is 4.87. The maximum Gasteiger partial charge on any atom is 0.407 e. The van der Waals surface area contributed by atoms with Crippen LogP contribution in [0.4, 0.5) is 4.79 Å². The molecule has 192 valence electrons. The van der Waals surface area contributed by atoms with E-state index in [2.05, 4.69) is 16.0 Å². The van der Waals surface area contributed by atoms with Crippen molar-refractivity contribution >= 4 is 23.9 Å². The molecular formula is C23H44N4O6. The number of alkyl carbamates (subject to hydrolysis) is 1. The molecule has 0 spiro atoms. The maximum absolute atomic E-state index is 12.6. The van der Waals surface area contributed by atoms with Crippen molar-refractivity contribution < 1.29 is 28.7 Å². The first-order chi connectivity index (χ1) is 14.9. The van der Waals surface area contributed by atoms with Crippen molar-refractivity contribution in [2.24, 2.45) is 11.7 Å². The topological polar surface area (TPSA) is 149 Å². The Morgan fingerprint density at radius 1 is 0.818 bits per heavy atom. The minimum absolute atomic E-state index is 0.0796. The molecule has 0 bridgehead atoms. The van der Waals surface area contributed by atoms with Crippen LogP contribution in [0, 0.1) is 5.92 Å². The normalized spacial score (nSPS) is 14.6. The smallest absolute Gasteiger partial charge is 0.407 e. The van der Waals surface area contributed by atoms with Crippen LogP contribution < -0.4 is 21.7 Å². The van der Waals surface area contributed by atoms with Gasteiger partial charge in [-0.05, 0) is 73.6 Å². The van der Waals surface area contributed by atoms with Crippen LogP contribution in [0.5, 0.6) is 0 Å². The zero-order valence-corrected chi connectivity index (χ0v) is 21.7. The average molecular weight is 473 g/mol. The number of carbonyl (C=O) groups is 4. The van der Waals surface area contributed by atoms with Crippen molar-refractivity contribution in [2.75, 3.05) is 6.54 Å². The number of esters is 1. The summed E-state index contributed by atoms with van der Waals surface area (Å²) < 4.78 is 10.6. The van der Waals surface area contributed by atoms with Crippen molar-refractivity contribution in [3.8, 4) is 0 Å². The molecule has 3 unspecified atom stereocenters. The molecule has 5 N–H and O–H groups in total. The van der Waals surface area contributed by atoms with E-state index in [1.165, 1.54) is 6.92 Å². The summed E-state index contributed by atoms with van der Waals surface area (Å²) in [4.78, 5) is 49.1. The number of hydrogen-bond acceptors (Lipinski definition) is 7. The Bertz CT molecular complexity index is 667. The van der Waals surface area contributed by atoms with Gasteiger partial charge in [-0.1, -0.05) is 13.8 Å². The van der Waals surface area contributed by atoms with Crippen LogP contribution in [0.2, 0.25) is 0 Å². The maximum atomic E-state index is 12.6. The zero-order valence-electron chi connectivity index (χ0n) is 21.7. The molecule has 0 aromatic carbocycles. The van der Waals surface area contributed by atoms with Gasteiger partial charge in [-0.15, -0.1) is 0 Å². The second-order valence-corrected chi connectivity index (χ2v) is 10.5. The van der Waals surface area contributed by atoms with Gasteiger partial charge in [-0.25, -0.2) is 9.59 Å². The van der Waals surface area contributed by atoms with Crippen molar-refractivity contribution in [3.63, 3.8) is 0 Å². The summed E-state index contributed by atoms with van der Waals surface area (Å²) in [5.41, 5.74) is 4.52. The molecule has 10 nitrogen and oxygen atoms in total. The highest BCUT2D eigenvalue weighted by atomic mass is 16.6. The average Bonchev–Trinajstić information content (AvgIpc) is 2.62. The van der Waals surface area contributed by atoms with Crippen molar-refractivity contribution in [2.45, 2.75) is 111 Å². The molecule has 33 heavy (non-hydrogen) atoms. The number of rotatable bonds is 11. The summed E-state index contributed by atoms with van der Waals surface area (Å²) >= 11 is 0. The summed E-state index contributed by atoms with van der Waals surface area (Å²) in [6.45, 7) is 16.1. The highest BCUT2D eigenvalue weighted by molar-refractivity contribution is 5.91. The van der Waals surface area contributed by atoms with E-state index in [9.17, 15) is 19.2 Å². The Labute approximate surface area is 198 Å². The van der Waals surface area contributed by atoms with E-state index < -0.39 is 53.2 Å². The van der Waals surface area contributed by atoms with Gasteiger partial charge in [0, 0.05) is 6.54 Å². The fourth-order valence-electron chi connectivity index (χ4n) is 2.57. The molecule has 0 aliphatic heterocycles. The van der Waals surface area contributed by atoms with Crippen LogP contribution in [0.25, 0.3) is 0 Å². The van der Waals surface area contributed by atoms with Gasteiger partial charge in [0.05, 0.1) is 6.04 Å². The lowest BCUT2D eigenvalue weighted by molar-refractivity contribution is -0.159. The molecule has 3 atom stereocenters. The molecule has 0 aliphatic carbocycles. The largest absolute Gasteiger partial charge is 0.458 e. The van der Waals surface area contributed by atoms with Crippen molar-refractivity contribution in [1.82, 2.24) is 16.0 Å². The summed E-state index contributed by atoms with van der Waals surface area (Å²) in [5, 5.41) is 7.89. The number of nitrogens with two attached hydrogens (primary N) is 1. The lowest BCUT2D eigenvalue weighted by Crippen LogP contribution is -2.54. The highest BCUT2D eigenvalue weighted by Crippen LogP contribution is 2.12. The van der Waals surface area contributed by atoms with Gasteiger partial charge in [0.25, 0.3) is 0 Å². The van der Waals surface area contributed by atoms with Gasteiger partial charge in [0.1, 0.15) is 23.3 Å². The number of hydrogen-bond donors (Lipinski definition) is 4. The third-order valence-corrected chi connectivity index (χ3v) is 4.37. The van der Waals surface area contributed by atoms with Crippen LogP contribution in [0.1, 0.15) is 81.6 Å². The van der Waals surface area contributed by atoms with Gasteiger partial charge in [0.15, 0.2) is 0 Å². The zero-order chi connectivity index (χ0) is 26.0. The van der Waals surface area contributed by atoms with Gasteiger partial charge in [-0.2, -0.15) is 0 Å². The molecule has 0 rings (SSSR count). The fourth-order valence-corrected chi connectivity index (χ4v) is 2.57. The minimum atomic E-state index is -0.892. The molecule has 3 amide bonds. The number of ether oxygens (including phenoxy) is 2. The Hall–Kier alpha value is -2.36. The van der Waals surface area contributed by atoms with E-state index in [4.69, 9.17) is 15.2 Å². The van der Waals surface area contributed by atoms with E-state index in [1.807, 2.05) is 13.8 Å². The van der Waals surface area contributed by atoms with Gasteiger partial charge in [0.2, 0.25) is 11.8 Å². The van der Waals surface area contributed by atoms with Crippen molar-refractivity contribution in [1.29, 1.82) is 0 Å². The molecule has 10 heteroatoms. The van der Waals surface area contributed by atoms with Crippen molar-refractivity contribution in [3.05, 3.63) is 0 Å². The second-order valence-electron chi connectivity index (χ2n) is 10.5. The molecular weight excluding hydrogens is 428 g/mol. The summed E-state index contributed by atoms with van der Waals surface area (Å²) in [7, 11) is 0. The molecule has 0 saturated heterocycles. The predicted molar refractivity (Wildman–Crippen MR) is 126 cm³/mol. The highest BCUT2D eigenvalue weighted by Gasteiger charge is 2.29. The van der Waals surface area contributed by atoms with Gasteiger partial charge < -0.3 is 31.2 Å². The summed E-state index contributed by atoms with van der Waals surface area (Å²) in [6, 6.07) is -2.50. The summed E-state index contributed by atoms with van der Waals surface area (Å²) in [5.74, 6) is -1.59. The van der Waals surface area contributed by atoms with E-state index in [1.54, 1.807) is 41.5 Å². The van der Waals surface area contributed by atoms with Crippen LogP contribution in [0.3, 0.4) is 0 Å². The number of amides is 3. The van der Waals surface area contributed by atoms with E-state index in [0.29, 0.717) is 25.8 Å². The molecule has 0 aromatic heterocycles. The Kier molecular flexibility index (Phi) is 12.4. The number of unbranched alkanes of at least 4 members (excludes halogenated alkanes) is 1. The third kappa shape index (κ3) is 14.4. The minimum Gasteiger partial charge on any atom is -0.458 e. The van der Waals surface area contributed by atoms with E-state index in [-0.39, 0.29) is 5.92 Å². The first-order valence-electron chi connectivity index (χ1n) is 11.5. The van der Waals surface area contributed by atoms with Crippen LogP contribution in [0.15, 0.2) is 0 Å². The molecule has 0 aliphatic rings. The third-order valence-electron chi connectivity index (χ3n) is 4.37. The Morgan fingerprint density at radius 2 is 1.36 bits per heavy atom. The quantitative estimate of drug-likeness (QED) is 0.265. The van der Waals surface area contributed by atoms with E-state index in [0.717, 1.165) is 0 Å². The Morgan fingerprint density at radius 3 is 1.85 bits per heavy atom. The first-order valence-corrected chi connectivity index (χ1v) is 11.5. The lowest BCUT2D eigenvalue weighted by atomic mass is 10.0. The van der Waals surface area contributed by atoms with E-state index >= 15 is 0 Å². The lowest BCUT2D eigenvalue weighted by Gasteiger charge is -2.26. The van der Waals surface area contributed by atoms with Crippen LogP contribution >= 0.6 is 0 Å². The van der Waals surface area contributed by atoms with Crippen LogP contribution in [-0.2, 0) is 23.9 Å². The molecule has 0 heterocycles. The molecule has 0 saturated carbocycles. The standard InChI is InChI=1S/C23H44N4O6/c1-14(2)17(24)19(29)26-15(3)18(28)27-16(20(30)32-22(4,5)6)12-10-11-13-25-21(31)33-23(7,8)9/h14-17H,10-13,24H2,1-9H3,(H,25,31)(H,26,29)(H,27,28). The monoisotopic (exact) mass is 472 g/mol. The van der Waals surface area contributed by atoms with Gasteiger partial charge in [-0.3, -0.25) is 9.59 Å². The molecule has 0 fully saturated rings. The molecule has 0 aromatic rings. The first kappa shape index (κ1) is 30.6. The fraction of sp³-hybridized carbons (Fsp3) is 0.826. The summed E-state index contributed by atoms with van der Waals surface area (Å²) in [6.07, 6.45) is 0.912. The predicted octanol–water partition coefficient (Wildman–Crippen LogP) is 2.00. The van der Waals surface area contributed by atoms with Gasteiger partial charge >= 0.3 is 12.1 Å².